The van der Waals surface area contributed by atoms with Crippen molar-refractivity contribution in [3.63, 3.8) is 0 Å². The Morgan fingerprint density at radius 2 is 1.87 bits per heavy atom. The summed E-state index contributed by atoms with van der Waals surface area (Å²) in [5.74, 6) is -0.343. The van der Waals surface area contributed by atoms with E-state index in [1.807, 2.05) is 24.3 Å². The molecule has 0 unspecified atom stereocenters. The third-order valence-corrected chi connectivity index (χ3v) is 5.11. The Balaban J connectivity index is 1.49. The van der Waals surface area contributed by atoms with Gasteiger partial charge in [-0.2, -0.15) is 0 Å². The van der Waals surface area contributed by atoms with Gasteiger partial charge in [-0.25, -0.2) is 18.7 Å². The third-order valence-electron chi connectivity index (χ3n) is 5.11. The zero-order valence-corrected chi connectivity index (χ0v) is 16.5. The van der Waals surface area contributed by atoms with Crippen LogP contribution in [0.5, 0.6) is 0 Å². The van der Waals surface area contributed by atoms with Crippen LogP contribution in [0.4, 0.5) is 26.1 Å². The molecule has 8 heteroatoms. The van der Waals surface area contributed by atoms with E-state index in [0.29, 0.717) is 35.3 Å². The highest BCUT2D eigenvalue weighted by atomic mass is 19.2. The van der Waals surface area contributed by atoms with Crippen molar-refractivity contribution in [2.75, 3.05) is 29.5 Å². The maximum absolute atomic E-state index is 13.4. The quantitative estimate of drug-likeness (QED) is 0.495. The fourth-order valence-corrected chi connectivity index (χ4v) is 3.47. The highest BCUT2D eigenvalue weighted by molar-refractivity contribution is 5.76. The summed E-state index contributed by atoms with van der Waals surface area (Å²) in [7, 11) is 0. The van der Waals surface area contributed by atoms with Gasteiger partial charge >= 0.3 is 0 Å². The molecule has 1 aliphatic rings. The van der Waals surface area contributed by atoms with Gasteiger partial charge in [0.05, 0.1) is 17.6 Å². The van der Waals surface area contributed by atoms with Crippen LogP contribution in [-0.4, -0.2) is 29.1 Å². The molecule has 0 saturated carbocycles. The number of nitrogen functional groups attached to an aromatic ring is 1. The number of nitrogens with one attached hydrogen (secondary N) is 3. The molecule has 5 N–H and O–H groups in total. The van der Waals surface area contributed by atoms with Crippen molar-refractivity contribution in [1.82, 2.24) is 15.3 Å². The molecule has 1 aromatic carbocycles. The number of aromatic nitrogens is 2. The van der Waals surface area contributed by atoms with E-state index in [2.05, 4.69) is 25.9 Å². The first-order valence-corrected chi connectivity index (χ1v) is 9.96. The Morgan fingerprint density at radius 3 is 2.67 bits per heavy atom. The Morgan fingerprint density at radius 1 is 1.03 bits per heavy atom. The molecular weight excluding hydrogens is 386 g/mol. The third kappa shape index (κ3) is 4.83. The molecule has 3 aromatic rings. The van der Waals surface area contributed by atoms with Crippen molar-refractivity contribution >= 4 is 17.3 Å². The predicted octanol–water partition coefficient (Wildman–Crippen LogP) is 3.78. The van der Waals surface area contributed by atoms with Crippen LogP contribution in [0.1, 0.15) is 18.4 Å². The average molecular weight is 410 g/mol. The maximum Gasteiger partial charge on any atom is 0.159 e. The van der Waals surface area contributed by atoms with E-state index in [1.54, 1.807) is 6.20 Å². The number of anilines is 3. The summed E-state index contributed by atoms with van der Waals surface area (Å²) in [6.07, 6.45) is 3.73. The molecule has 1 fully saturated rings. The lowest BCUT2D eigenvalue weighted by molar-refractivity contribution is 0.478. The summed E-state index contributed by atoms with van der Waals surface area (Å²) in [4.78, 5) is 9.03. The van der Waals surface area contributed by atoms with Crippen LogP contribution in [0.2, 0.25) is 0 Å². The van der Waals surface area contributed by atoms with Gasteiger partial charge in [0, 0.05) is 18.2 Å². The van der Waals surface area contributed by atoms with Gasteiger partial charge in [0.2, 0.25) is 0 Å². The normalized spacial score (nSPS) is 14.5. The first-order chi connectivity index (χ1) is 14.6. The van der Waals surface area contributed by atoms with Crippen LogP contribution < -0.4 is 21.7 Å². The highest BCUT2D eigenvalue weighted by Gasteiger charge is 2.14. The molecule has 2 aromatic heterocycles. The second kappa shape index (κ2) is 9.04. The Hall–Kier alpha value is -3.26. The van der Waals surface area contributed by atoms with Gasteiger partial charge in [0.25, 0.3) is 0 Å². The minimum atomic E-state index is -0.866. The minimum Gasteiger partial charge on any atom is -0.397 e. The Labute approximate surface area is 173 Å². The summed E-state index contributed by atoms with van der Waals surface area (Å²) in [6, 6.07) is 11.7. The molecule has 1 aliphatic heterocycles. The molecule has 4 rings (SSSR count). The van der Waals surface area contributed by atoms with E-state index in [0.717, 1.165) is 43.4 Å². The first-order valence-electron chi connectivity index (χ1n) is 9.96. The van der Waals surface area contributed by atoms with Gasteiger partial charge in [0.15, 0.2) is 11.6 Å². The number of nitrogens with two attached hydrogens (primary N) is 1. The van der Waals surface area contributed by atoms with Gasteiger partial charge in [-0.15, -0.1) is 0 Å². The van der Waals surface area contributed by atoms with Crippen molar-refractivity contribution in [2.45, 2.75) is 25.4 Å². The molecule has 3 heterocycles. The Bertz CT molecular complexity index is 1020. The summed E-state index contributed by atoms with van der Waals surface area (Å²) in [5, 5.41) is 9.96. The number of hydrogen-bond acceptors (Lipinski definition) is 6. The standard InChI is InChI=1S/C22H24F2N6/c23-17-5-4-14(10-18(17)24)12-27-21-3-1-2-20(30-21)16-11-22(28-13-19(16)25)29-15-6-8-26-9-7-15/h1-5,10-11,13,15,26H,6-9,12,25H2,(H,27,30)(H,28,29). The summed E-state index contributed by atoms with van der Waals surface area (Å²) in [6.45, 7) is 2.31. The van der Waals surface area contributed by atoms with E-state index >= 15 is 0 Å². The number of rotatable bonds is 6. The zero-order valence-electron chi connectivity index (χ0n) is 16.5. The monoisotopic (exact) mass is 410 g/mol. The van der Waals surface area contributed by atoms with E-state index in [9.17, 15) is 8.78 Å². The average Bonchev–Trinajstić information content (AvgIpc) is 2.77. The lowest BCUT2D eigenvalue weighted by Crippen LogP contribution is -2.35. The van der Waals surface area contributed by atoms with Crippen molar-refractivity contribution < 1.29 is 8.78 Å². The highest BCUT2D eigenvalue weighted by Crippen LogP contribution is 2.27. The maximum atomic E-state index is 13.4. The van der Waals surface area contributed by atoms with Crippen LogP contribution >= 0.6 is 0 Å². The van der Waals surface area contributed by atoms with Crippen LogP contribution in [0.15, 0.2) is 48.7 Å². The van der Waals surface area contributed by atoms with E-state index in [4.69, 9.17) is 5.73 Å². The smallest absolute Gasteiger partial charge is 0.159 e. The molecular formula is C22H24F2N6. The number of halogens is 2. The largest absolute Gasteiger partial charge is 0.397 e. The molecule has 6 nitrogen and oxygen atoms in total. The predicted molar refractivity (Wildman–Crippen MR) is 115 cm³/mol. The van der Waals surface area contributed by atoms with Crippen molar-refractivity contribution in [3.05, 3.63) is 65.9 Å². The van der Waals surface area contributed by atoms with Gasteiger partial charge in [0.1, 0.15) is 11.6 Å². The van der Waals surface area contributed by atoms with Gasteiger partial charge in [-0.1, -0.05) is 12.1 Å². The topological polar surface area (TPSA) is 87.9 Å². The van der Waals surface area contributed by atoms with E-state index < -0.39 is 11.6 Å². The second-order valence-corrected chi connectivity index (χ2v) is 7.34. The lowest BCUT2D eigenvalue weighted by atomic mass is 10.1. The van der Waals surface area contributed by atoms with E-state index in [-0.39, 0.29) is 0 Å². The fourth-order valence-electron chi connectivity index (χ4n) is 3.47. The van der Waals surface area contributed by atoms with E-state index in [1.165, 1.54) is 12.1 Å². The first kappa shape index (κ1) is 20.0. The fraction of sp³-hybridized carbons (Fsp3) is 0.273. The zero-order chi connectivity index (χ0) is 20.9. The second-order valence-electron chi connectivity index (χ2n) is 7.34. The molecule has 0 amide bonds. The minimum absolute atomic E-state index is 0.321. The van der Waals surface area contributed by atoms with Gasteiger partial charge in [-0.05, 0) is 61.8 Å². The molecule has 0 atom stereocenters. The molecule has 0 bridgehead atoms. The van der Waals surface area contributed by atoms with Crippen molar-refractivity contribution in [1.29, 1.82) is 0 Å². The lowest BCUT2D eigenvalue weighted by Gasteiger charge is -2.24. The number of nitrogens with zero attached hydrogens (tertiary/aromatic N) is 2. The number of hydrogen-bond donors (Lipinski definition) is 4. The van der Waals surface area contributed by atoms with Crippen molar-refractivity contribution in [2.24, 2.45) is 0 Å². The number of piperidine rings is 1. The molecule has 30 heavy (non-hydrogen) atoms. The Kier molecular flexibility index (Phi) is 6.04. The molecule has 0 aliphatic carbocycles. The van der Waals surface area contributed by atoms with Crippen LogP contribution in [0, 0.1) is 11.6 Å². The van der Waals surface area contributed by atoms with Gasteiger partial charge < -0.3 is 21.7 Å². The molecule has 156 valence electrons. The molecule has 0 spiro atoms. The van der Waals surface area contributed by atoms with Crippen molar-refractivity contribution in [3.8, 4) is 11.3 Å². The van der Waals surface area contributed by atoms with Crippen LogP contribution in [0.3, 0.4) is 0 Å². The summed E-state index contributed by atoms with van der Waals surface area (Å²) < 4.78 is 26.5. The molecule has 0 radical (unpaired) electrons. The number of pyridine rings is 2. The van der Waals surface area contributed by atoms with Gasteiger partial charge in [-0.3, -0.25) is 0 Å². The van der Waals surface area contributed by atoms with Crippen LogP contribution in [-0.2, 0) is 6.54 Å². The SMILES string of the molecule is Nc1cnc(NC2CCNCC2)cc1-c1cccc(NCc2ccc(F)c(F)c2)n1. The summed E-state index contributed by atoms with van der Waals surface area (Å²) >= 11 is 0. The number of benzene rings is 1. The summed E-state index contributed by atoms with van der Waals surface area (Å²) in [5.41, 5.74) is 8.82. The molecule has 1 saturated heterocycles. The van der Waals surface area contributed by atoms with Crippen LogP contribution in [0.25, 0.3) is 11.3 Å².